The van der Waals surface area contributed by atoms with Crippen molar-refractivity contribution in [1.29, 1.82) is 0 Å². The van der Waals surface area contributed by atoms with Crippen LogP contribution in [0.1, 0.15) is 5.56 Å². The zero-order chi connectivity index (χ0) is 21.9. The molecule has 4 nitrogen and oxygen atoms in total. The van der Waals surface area contributed by atoms with E-state index in [1.807, 2.05) is 0 Å². The molecule has 0 aliphatic rings. The van der Waals surface area contributed by atoms with Gasteiger partial charge >= 0.3 is 12.7 Å². The van der Waals surface area contributed by atoms with Gasteiger partial charge in [-0.1, -0.05) is 12.1 Å². The second-order valence-corrected chi connectivity index (χ2v) is 6.00. The van der Waals surface area contributed by atoms with Gasteiger partial charge in [0.1, 0.15) is 11.5 Å². The molecule has 0 radical (unpaired) electrons. The number of benzene rings is 2. The summed E-state index contributed by atoms with van der Waals surface area (Å²) in [5.41, 5.74) is 2.03. The van der Waals surface area contributed by atoms with Crippen LogP contribution in [0.4, 0.5) is 26.3 Å². The number of rotatable bonds is 5. The first-order valence-corrected chi connectivity index (χ1v) is 8.37. The van der Waals surface area contributed by atoms with E-state index in [1.54, 1.807) is 0 Å². The van der Waals surface area contributed by atoms with Crippen LogP contribution in [-0.2, 0) is 6.61 Å². The Morgan fingerprint density at radius 3 is 1.60 bits per heavy atom. The Labute approximate surface area is 166 Å². The fraction of sp³-hybridized carbons (Fsp3) is 0.150. The van der Waals surface area contributed by atoms with Crippen molar-refractivity contribution in [1.82, 2.24) is 4.98 Å². The summed E-state index contributed by atoms with van der Waals surface area (Å²) < 4.78 is 81.8. The summed E-state index contributed by atoms with van der Waals surface area (Å²) >= 11 is 0. The van der Waals surface area contributed by atoms with Crippen LogP contribution in [0.2, 0.25) is 0 Å². The number of ether oxygens (including phenoxy) is 2. The molecule has 158 valence electrons. The van der Waals surface area contributed by atoms with Crippen LogP contribution >= 0.6 is 0 Å². The van der Waals surface area contributed by atoms with Crippen molar-refractivity contribution in [3.05, 3.63) is 66.4 Å². The molecule has 2 aromatic carbocycles. The molecule has 0 aliphatic heterocycles. The summed E-state index contributed by atoms with van der Waals surface area (Å²) in [7, 11) is 0. The fourth-order valence-corrected chi connectivity index (χ4v) is 2.81. The maximum atomic E-state index is 12.4. The molecule has 1 N–H and O–H groups in total. The summed E-state index contributed by atoms with van der Waals surface area (Å²) in [6.45, 7) is -0.388. The minimum absolute atomic E-state index is 0.324. The summed E-state index contributed by atoms with van der Waals surface area (Å²) in [5, 5.41) is 9.68. The predicted octanol–water partition coefficient (Wildman–Crippen LogP) is 5.71. The molecule has 30 heavy (non-hydrogen) atoms. The molecule has 1 heterocycles. The molecule has 0 unspecified atom stereocenters. The highest BCUT2D eigenvalue weighted by molar-refractivity contribution is 5.83. The Hall–Kier alpha value is -3.27. The Morgan fingerprint density at radius 1 is 0.700 bits per heavy atom. The maximum absolute atomic E-state index is 12.4. The Balaban J connectivity index is 2.00. The number of aliphatic hydroxyl groups is 1. The summed E-state index contributed by atoms with van der Waals surface area (Å²) in [4.78, 5) is 4.23. The molecule has 10 heteroatoms. The van der Waals surface area contributed by atoms with Crippen LogP contribution in [0.3, 0.4) is 0 Å². The smallest absolute Gasteiger partial charge is 0.406 e. The Morgan fingerprint density at radius 2 is 1.17 bits per heavy atom. The quantitative estimate of drug-likeness (QED) is 0.529. The van der Waals surface area contributed by atoms with Crippen molar-refractivity contribution in [2.24, 2.45) is 0 Å². The number of aromatic nitrogens is 1. The Bertz CT molecular complexity index is 999. The van der Waals surface area contributed by atoms with E-state index in [0.717, 1.165) is 24.3 Å². The van der Waals surface area contributed by atoms with Crippen LogP contribution in [0.15, 0.2) is 60.8 Å². The standard InChI is InChI=1S/C20H13F6NO3/c21-19(22,23)29-15-5-1-12(2-6-15)17-14(11-28)9-10-27-18(17)13-3-7-16(8-4-13)30-20(24,25)26/h1-10,28H,11H2. The van der Waals surface area contributed by atoms with Crippen molar-refractivity contribution in [2.75, 3.05) is 0 Å². The fourth-order valence-electron chi connectivity index (χ4n) is 2.81. The van der Waals surface area contributed by atoms with Crippen molar-refractivity contribution in [3.8, 4) is 33.9 Å². The van der Waals surface area contributed by atoms with Crippen LogP contribution in [-0.4, -0.2) is 22.8 Å². The van der Waals surface area contributed by atoms with E-state index in [2.05, 4.69) is 14.5 Å². The number of nitrogens with zero attached hydrogens (tertiary/aromatic N) is 1. The molecule has 3 aromatic rings. The van der Waals surface area contributed by atoms with Gasteiger partial charge in [0.25, 0.3) is 0 Å². The maximum Gasteiger partial charge on any atom is 0.573 e. The van der Waals surface area contributed by atoms with Gasteiger partial charge in [-0.3, -0.25) is 4.98 Å². The summed E-state index contributed by atoms with van der Waals surface area (Å²) in [6, 6.07) is 11.4. The third-order valence-corrected chi connectivity index (χ3v) is 3.95. The minimum Gasteiger partial charge on any atom is -0.406 e. The summed E-state index contributed by atoms with van der Waals surface area (Å²) in [5.74, 6) is -0.837. The second kappa shape index (κ2) is 8.23. The SMILES string of the molecule is OCc1ccnc(-c2ccc(OC(F)(F)F)cc2)c1-c1ccc(OC(F)(F)F)cc1. The predicted molar refractivity (Wildman–Crippen MR) is 94.4 cm³/mol. The molecule has 0 fully saturated rings. The minimum atomic E-state index is -4.84. The number of aliphatic hydroxyl groups excluding tert-OH is 1. The molecule has 1 aromatic heterocycles. The Kier molecular flexibility index (Phi) is 5.88. The van der Waals surface area contributed by atoms with Crippen LogP contribution in [0.5, 0.6) is 11.5 Å². The number of pyridine rings is 1. The van der Waals surface area contributed by atoms with Gasteiger partial charge in [-0.05, 0) is 53.6 Å². The van der Waals surface area contributed by atoms with E-state index in [0.29, 0.717) is 27.9 Å². The van der Waals surface area contributed by atoms with Gasteiger partial charge in [0.05, 0.1) is 12.3 Å². The largest absolute Gasteiger partial charge is 0.573 e. The number of alkyl halides is 6. The van der Waals surface area contributed by atoms with Gasteiger partial charge in [0.15, 0.2) is 0 Å². The van der Waals surface area contributed by atoms with E-state index >= 15 is 0 Å². The molecule has 0 atom stereocenters. The highest BCUT2D eigenvalue weighted by Gasteiger charge is 2.31. The highest BCUT2D eigenvalue weighted by atomic mass is 19.4. The second-order valence-electron chi connectivity index (χ2n) is 6.00. The van der Waals surface area contributed by atoms with Crippen LogP contribution < -0.4 is 9.47 Å². The van der Waals surface area contributed by atoms with Gasteiger partial charge < -0.3 is 14.6 Å². The lowest BCUT2D eigenvalue weighted by molar-refractivity contribution is -0.275. The first-order chi connectivity index (χ1) is 14.1. The van der Waals surface area contributed by atoms with Crippen molar-refractivity contribution in [2.45, 2.75) is 19.3 Å². The monoisotopic (exact) mass is 429 g/mol. The lowest BCUT2D eigenvalue weighted by Crippen LogP contribution is -2.17. The zero-order valence-electron chi connectivity index (χ0n) is 15.0. The van der Waals surface area contributed by atoms with Crippen LogP contribution in [0, 0.1) is 0 Å². The zero-order valence-corrected chi connectivity index (χ0v) is 15.0. The number of hydrogen-bond acceptors (Lipinski definition) is 4. The third-order valence-electron chi connectivity index (χ3n) is 3.95. The third kappa shape index (κ3) is 5.41. The lowest BCUT2D eigenvalue weighted by atomic mass is 9.95. The van der Waals surface area contributed by atoms with E-state index in [4.69, 9.17) is 0 Å². The molecule has 0 spiro atoms. The van der Waals surface area contributed by atoms with Gasteiger partial charge in [-0.25, -0.2) is 0 Å². The van der Waals surface area contributed by atoms with Crippen molar-refractivity contribution < 1.29 is 40.9 Å². The van der Waals surface area contributed by atoms with Crippen LogP contribution in [0.25, 0.3) is 22.4 Å². The van der Waals surface area contributed by atoms with Crippen molar-refractivity contribution in [3.63, 3.8) is 0 Å². The summed E-state index contributed by atoms with van der Waals surface area (Å²) in [6.07, 6.45) is -8.26. The van der Waals surface area contributed by atoms with Crippen molar-refractivity contribution >= 4 is 0 Å². The van der Waals surface area contributed by atoms with Gasteiger partial charge in [-0.15, -0.1) is 26.3 Å². The normalized spacial score (nSPS) is 12.0. The van der Waals surface area contributed by atoms with E-state index in [1.165, 1.54) is 36.5 Å². The molecular formula is C20H13F6NO3. The molecule has 0 aliphatic carbocycles. The first-order valence-electron chi connectivity index (χ1n) is 8.37. The highest BCUT2D eigenvalue weighted by Crippen LogP contribution is 2.36. The molecule has 3 rings (SSSR count). The lowest BCUT2D eigenvalue weighted by Gasteiger charge is -2.15. The van der Waals surface area contributed by atoms with E-state index in [9.17, 15) is 31.4 Å². The molecule has 0 bridgehead atoms. The number of hydrogen-bond donors (Lipinski definition) is 1. The first kappa shape index (κ1) is 21.4. The average molecular weight is 429 g/mol. The molecular weight excluding hydrogens is 416 g/mol. The molecule has 0 amide bonds. The molecule has 0 saturated heterocycles. The number of halogens is 6. The molecule has 0 saturated carbocycles. The van der Waals surface area contributed by atoms with E-state index in [-0.39, 0.29) is 6.61 Å². The van der Waals surface area contributed by atoms with E-state index < -0.39 is 24.2 Å². The van der Waals surface area contributed by atoms with Gasteiger partial charge in [0, 0.05) is 17.3 Å². The average Bonchev–Trinajstić information content (AvgIpc) is 2.66. The topological polar surface area (TPSA) is 51.6 Å². The van der Waals surface area contributed by atoms with Gasteiger partial charge in [-0.2, -0.15) is 0 Å². The van der Waals surface area contributed by atoms with Gasteiger partial charge in [0.2, 0.25) is 0 Å².